The number of fused-ring (bicyclic) bond motifs is 1. The van der Waals surface area contributed by atoms with Crippen molar-refractivity contribution in [3.05, 3.63) is 17.9 Å². The molecule has 10 heteroatoms. The number of nitrogens with one attached hydrogen (secondary N) is 1. The molecular weight excluding hydrogens is 434 g/mol. The van der Waals surface area contributed by atoms with Crippen molar-refractivity contribution >= 4 is 29.5 Å². The van der Waals surface area contributed by atoms with Gasteiger partial charge in [0.1, 0.15) is 23.0 Å². The molecule has 2 saturated heterocycles. The lowest BCUT2D eigenvalue weighted by atomic mass is 10.2. The van der Waals surface area contributed by atoms with Gasteiger partial charge in [-0.25, -0.2) is 4.79 Å². The highest BCUT2D eigenvalue weighted by molar-refractivity contribution is 5.69. The van der Waals surface area contributed by atoms with Gasteiger partial charge in [-0.2, -0.15) is 9.97 Å². The number of amides is 1. The van der Waals surface area contributed by atoms with Gasteiger partial charge in [0.2, 0.25) is 5.95 Å². The molecule has 0 aromatic carbocycles. The average molecular weight is 468 g/mol. The van der Waals surface area contributed by atoms with Gasteiger partial charge in [0.15, 0.2) is 5.82 Å². The van der Waals surface area contributed by atoms with Crippen LogP contribution in [0.3, 0.4) is 0 Å². The van der Waals surface area contributed by atoms with E-state index in [1.807, 2.05) is 26.8 Å². The molecule has 0 spiro atoms. The van der Waals surface area contributed by atoms with E-state index in [0.29, 0.717) is 43.9 Å². The van der Waals surface area contributed by atoms with Crippen LogP contribution in [0.5, 0.6) is 0 Å². The van der Waals surface area contributed by atoms with E-state index in [1.54, 1.807) is 4.90 Å². The molecule has 2 aliphatic carbocycles. The van der Waals surface area contributed by atoms with Crippen LogP contribution in [0.15, 0.2) is 16.7 Å². The Morgan fingerprint density at radius 3 is 2.35 bits per heavy atom. The van der Waals surface area contributed by atoms with Crippen molar-refractivity contribution in [2.75, 3.05) is 54.4 Å². The van der Waals surface area contributed by atoms with E-state index in [2.05, 4.69) is 26.3 Å². The van der Waals surface area contributed by atoms with Crippen LogP contribution >= 0.6 is 0 Å². The Bertz CT molecular complexity index is 1060. The van der Waals surface area contributed by atoms with Crippen molar-refractivity contribution in [3.63, 3.8) is 0 Å². The number of anilines is 4. The van der Waals surface area contributed by atoms with Gasteiger partial charge in [-0.15, -0.1) is 0 Å². The second-order valence-corrected chi connectivity index (χ2v) is 11.0. The fourth-order valence-electron chi connectivity index (χ4n) is 4.85. The summed E-state index contributed by atoms with van der Waals surface area (Å²) in [6.07, 6.45) is 3.41. The van der Waals surface area contributed by atoms with E-state index in [9.17, 15) is 4.79 Å². The summed E-state index contributed by atoms with van der Waals surface area (Å²) in [5.41, 5.74) is -0.493. The van der Waals surface area contributed by atoms with E-state index in [-0.39, 0.29) is 6.09 Å². The number of hydrogen-bond acceptors (Lipinski definition) is 9. The normalized spacial score (nSPS) is 24.3. The third-order valence-electron chi connectivity index (χ3n) is 7.01. The van der Waals surface area contributed by atoms with Gasteiger partial charge in [0, 0.05) is 57.3 Å². The lowest BCUT2D eigenvalue weighted by molar-refractivity contribution is 0.0240. The number of nitrogens with zero attached hydrogens (tertiary/aromatic N) is 6. The van der Waals surface area contributed by atoms with Crippen LogP contribution in [0.25, 0.3) is 0 Å². The summed E-state index contributed by atoms with van der Waals surface area (Å²) < 4.78 is 11.0. The quantitative estimate of drug-likeness (QED) is 0.707. The summed E-state index contributed by atoms with van der Waals surface area (Å²) in [7, 11) is 0. The van der Waals surface area contributed by atoms with Crippen molar-refractivity contribution in [2.45, 2.75) is 51.6 Å². The van der Waals surface area contributed by atoms with E-state index in [4.69, 9.17) is 19.2 Å². The van der Waals surface area contributed by atoms with Crippen LogP contribution in [0.1, 0.15) is 51.7 Å². The minimum absolute atomic E-state index is 0.258. The molecular formula is C24H33N7O3. The summed E-state index contributed by atoms with van der Waals surface area (Å²) in [6.45, 7) is 10.4. The number of piperidine rings is 1. The number of carbonyl (C=O) groups is 1. The molecule has 34 heavy (non-hydrogen) atoms. The summed E-state index contributed by atoms with van der Waals surface area (Å²) in [6, 6.07) is 4.04. The van der Waals surface area contributed by atoms with E-state index in [1.165, 1.54) is 6.42 Å². The van der Waals surface area contributed by atoms with Gasteiger partial charge in [-0.1, -0.05) is 5.16 Å². The maximum Gasteiger partial charge on any atom is 0.410 e. The zero-order chi connectivity index (χ0) is 23.4. The van der Waals surface area contributed by atoms with Gasteiger partial charge in [-0.05, 0) is 51.9 Å². The Labute approximate surface area is 199 Å². The maximum atomic E-state index is 12.5. The van der Waals surface area contributed by atoms with Crippen LogP contribution in [-0.4, -0.2) is 71.0 Å². The molecule has 4 aliphatic rings. The summed E-state index contributed by atoms with van der Waals surface area (Å²) in [5, 5.41) is 7.43. The molecule has 1 amide bonds. The molecule has 182 valence electrons. The number of rotatable bonds is 5. The number of aromatic nitrogens is 3. The van der Waals surface area contributed by atoms with Crippen LogP contribution in [0, 0.1) is 11.8 Å². The molecule has 2 aromatic heterocycles. The molecule has 2 saturated carbocycles. The first-order valence-electron chi connectivity index (χ1n) is 12.4. The first-order valence-corrected chi connectivity index (χ1v) is 12.4. The van der Waals surface area contributed by atoms with Crippen molar-refractivity contribution in [1.29, 1.82) is 0 Å². The lowest BCUT2D eigenvalue weighted by Crippen LogP contribution is -2.50. The smallest absolute Gasteiger partial charge is 0.410 e. The van der Waals surface area contributed by atoms with Gasteiger partial charge >= 0.3 is 6.09 Å². The number of hydrogen-bond donors (Lipinski definition) is 1. The predicted molar refractivity (Wildman–Crippen MR) is 128 cm³/mol. The molecule has 2 aliphatic heterocycles. The standard InChI is InChI=1S/C24H33N7O3/c1-24(2,3)33-23(32)30-8-6-29(7-9-30)20-12-21(31-13-16-10-17(16)14-31)27-22(26-20)25-19-11-18(34-28-19)15-4-5-15/h11-12,15-17H,4-10,13-14H2,1-3H3,(H,25,26,27,28). The molecule has 6 rings (SSSR count). The van der Waals surface area contributed by atoms with Crippen molar-refractivity contribution in [3.8, 4) is 0 Å². The first kappa shape index (κ1) is 21.5. The number of piperazine rings is 1. The Balaban J connectivity index is 1.19. The Kier molecular flexibility index (Phi) is 5.07. The van der Waals surface area contributed by atoms with E-state index < -0.39 is 5.60 Å². The van der Waals surface area contributed by atoms with E-state index >= 15 is 0 Å². The van der Waals surface area contributed by atoms with Gasteiger partial charge in [0.05, 0.1) is 0 Å². The highest BCUT2D eigenvalue weighted by atomic mass is 16.6. The third kappa shape index (κ3) is 4.63. The van der Waals surface area contributed by atoms with Crippen molar-refractivity contribution in [1.82, 2.24) is 20.0 Å². The zero-order valence-corrected chi connectivity index (χ0v) is 20.2. The highest BCUT2D eigenvalue weighted by Gasteiger charge is 2.45. The van der Waals surface area contributed by atoms with Crippen molar-refractivity contribution in [2.24, 2.45) is 11.8 Å². The van der Waals surface area contributed by atoms with Crippen LogP contribution in [-0.2, 0) is 4.74 Å². The molecule has 4 heterocycles. The minimum Gasteiger partial charge on any atom is -0.444 e. The average Bonchev–Trinajstić information content (AvgIpc) is 3.70. The molecule has 1 N–H and O–H groups in total. The molecule has 0 bridgehead atoms. The molecule has 4 fully saturated rings. The van der Waals surface area contributed by atoms with Gasteiger partial charge < -0.3 is 29.3 Å². The lowest BCUT2D eigenvalue weighted by Gasteiger charge is -2.36. The minimum atomic E-state index is -0.493. The fourth-order valence-corrected chi connectivity index (χ4v) is 4.85. The molecule has 0 radical (unpaired) electrons. The Hall–Kier alpha value is -3.04. The summed E-state index contributed by atoms with van der Waals surface area (Å²) >= 11 is 0. The topological polar surface area (TPSA) is 99.9 Å². The second kappa shape index (κ2) is 8.02. The summed E-state index contributed by atoms with van der Waals surface area (Å²) in [4.78, 5) is 28.4. The molecule has 2 atom stereocenters. The predicted octanol–water partition coefficient (Wildman–Crippen LogP) is 3.60. The Morgan fingerprint density at radius 1 is 1.03 bits per heavy atom. The van der Waals surface area contributed by atoms with Crippen LogP contribution < -0.4 is 15.1 Å². The number of ether oxygens (including phenoxy) is 1. The zero-order valence-electron chi connectivity index (χ0n) is 20.2. The highest BCUT2D eigenvalue weighted by Crippen LogP contribution is 2.46. The summed E-state index contributed by atoms with van der Waals surface area (Å²) in [5.74, 6) is 6.03. The molecule has 10 nitrogen and oxygen atoms in total. The van der Waals surface area contributed by atoms with E-state index in [0.717, 1.165) is 55.2 Å². The largest absolute Gasteiger partial charge is 0.444 e. The molecule has 2 unspecified atom stereocenters. The van der Waals surface area contributed by atoms with Crippen LogP contribution in [0.4, 0.5) is 28.2 Å². The number of carbonyl (C=O) groups excluding carboxylic acids is 1. The van der Waals surface area contributed by atoms with Crippen LogP contribution in [0.2, 0.25) is 0 Å². The molecule has 2 aromatic rings. The monoisotopic (exact) mass is 467 g/mol. The maximum absolute atomic E-state index is 12.5. The Morgan fingerprint density at radius 2 is 1.71 bits per heavy atom. The fraction of sp³-hybridized carbons (Fsp3) is 0.667. The van der Waals surface area contributed by atoms with Gasteiger partial charge in [0.25, 0.3) is 0 Å². The third-order valence-corrected chi connectivity index (χ3v) is 7.01. The van der Waals surface area contributed by atoms with Gasteiger partial charge in [-0.3, -0.25) is 0 Å². The second-order valence-electron chi connectivity index (χ2n) is 11.0. The first-order chi connectivity index (χ1) is 16.3. The van der Waals surface area contributed by atoms with Crippen molar-refractivity contribution < 1.29 is 14.1 Å². The SMILES string of the molecule is CC(C)(C)OC(=O)N1CCN(c2cc(N3CC4CC4C3)nc(Nc3cc(C4CC4)on3)n2)CC1.